The minimum atomic E-state index is 1.14. The summed E-state index contributed by atoms with van der Waals surface area (Å²) in [6, 6.07) is 77.3. The predicted molar refractivity (Wildman–Crippen MR) is 240 cm³/mol. The summed E-state index contributed by atoms with van der Waals surface area (Å²) in [7, 11) is 0. The highest BCUT2D eigenvalue weighted by molar-refractivity contribution is 6.29. The fourth-order valence-corrected chi connectivity index (χ4v) is 9.55. The van der Waals surface area contributed by atoms with Crippen LogP contribution in [0.2, 0.25) is 0 Å². The van der Waals surface area contributed by atoms with Gasteiger partial charge in [0.05, 0.1) is 38.8 Å². The first kappa shape index (κ1) is 31.7. The second-order valence-electron chi connectivity index (χ2n) is 14.9. The Hall–Kier alpha value is -7.62. The molecule has 57 heavy (non-hydrogen) atoms. The molecule has 0 bridgehead atoms. The van der Waals surface area contributed by atoms with Gasteiger partial charge in [-0.15, -0.1) is 0 Å². The fourth-order valence-electron chi connectivity index (χ4n) is 9.55. The number of fused-ring (bicyclic) bond motifs is 10. The number of hydrogen-bond acceptors (Lipinski definition) is 0. The Bertz CT molecular complexity index is 3500. The maximum Gasteiger partial charge on any atom is 0.0626 e. The molecular formula is C54H35N3. The summed E-state index contributed by atoms with van der Waals surface area (Å²) in [4.78, 5) is 0. The van der Waals surface area contributed by atoms with E-state index in [1.54, 1.807) is 0 Å². The van der Waals surface area contributed by atoms with Gasteiger partial charge in [-0.25, -0.2) is 0 Å². The predicted octanol–water partition coefficient (Wildman–Crippen LogP) is 14.3. The van der Waals surface area contributed by atoms with E-state index in [0.29, 0.717) is 0 Å². The van der Waals surface area contributed by atoms with Gasteiger partial charge in [0.1, 0.15) is 0 Å². The molecule has 0 aliphatic heterocycles. The second kappa shape index (κ2) is 12.5. The molecule has 0 fully saturated rings. The van der Waals surface area contributed by atoms with Gasteiger partial charge in [0.2, 0.25) is 0 Å². The minimum absolute atomic E-state index is 1.14. The van der Waals surface area contributed by atoms with E-state index in [4.69, 9.17) is 0 Å². The van der Waals surface area contributed by atoms with Crippen LogP contribution < -0.4 is 0 Å². The molecule has 3 aromatic heterocycles. The van der Waals surface area contributed by atoms with Crippen molar-refractivity contribution in [3.63, 3.8) is 0 Å². The molecule has 266 valence electrons. The van der Waals surface area contributed by atoms with Crippen LogP contribution >= 0.6 is 0 Å². The number of nitrogens with zero attached hydrogens (tertiary/aromatic N) is 3. The molecule has 0 spiro atoms. The lowest BCUT2D eigenvalue weighted by Crippen LogP contribution is -2.00. The molecule has 0 aliphatic carbocycles. The van der Waals surface area contributed by atoms with Crippen LogP contribution in [0, 0.1) is 0 Å². The number of aromatic nitrogens is 3. The average molecular weight is 726 g/mol. The van der Waals surface area contributed by atoms with Gasteiger partial charge in [0, 0.05) is 54.8 Å². The van der Waals surface area contributed by atoms with Crippen LogP contribution in [-0.2, 0) is 0 Å². The number of rotatable bonds is 5. The third-order valence-corrected chi connectivity index (χ3v) is 11.8. The number of para-hydroxylation sites is 6. The molecule has 0 atom stereocenters. The molecule has 12 aromatic rings. The third kappa shape index (κ3) is 4.60. The second-order valence-corrected chi connectivity index (χ2v) is 14.9. The summed E-state index contributed by atoms with van der Waals surface area (Å²) in [6.07, 6.45) is 0. The molecule has 0 amide bonds. The fraction of sp³-hybridized carbons (Fsp3) is 0. The van der Waals surface area contributed by atoms with Gasteiger partial charge < -0.3 is 13.7 Å². The van der Waals surface area contributed by atoms with Crippen LogP contribution in [0.1, 0.15) is 0 Å². The van der Waals surface area contributed by atoms with Crippen molar-refractivity contribution in [1.29, 1.82) is 0 Å². The van der Waals surface area contributed by atoms with Crippen molar-refractivity contribution in [3.8, 4) is 39.3 Å². The van der Waals surface area contributed by atoms with Gasteiger partial charge in [0.25, 0.3) is 0 Å². The van der Waals surface area contributed by atoms with Gasteiger partial charge in [-0.05, 0) is 71.8 Å². The van der Waals surface area contributed by atoms with Gasteiger partial charge in [-0.1, -0.05) is 152 Å². The molecule has 3 heteroatoms. The third-order valence-electron chi connectivity index (χ3n) is 11.8. The molecule has 9 aromatic carbocycles. The van der Waals surface area contributed by atoms with Gasteiger partial charge in [-0.3, -0.25) is 0 Å². The maximum absolute atomic E-state index is 2.50. The average Bonchev–Trinajstić information content (AvgIpc) is 3.93. The van der Waals surface area contributed by atoms with E-state index >= 15 is 0 Å². The van der Waals surface area contributed by atoms with Crippen LogP contribution in [0.15, 0.2) is 212 Å². The quantitative estimate of drug-likeness (QED) is 0.168. The van der Waals surface area contributed by atoms with Crippen LogP contribution in [0.3, 0.4) is 0 Å². The molecule has 12 rings (SSSR count). The van der Waals surface area contributed by atoms with E-state index in [2.05, 4.69) is 226 Å². The van der Waals surface area contributed by atoms with Gasteiger partial charge >= 0.3 is 0 Å². The molecule has 3 nitrogen and oxygen atoms in total. The summed E-state index contributed by atoms with van der Waals surface area (Å²) in [5, 5.41) is 7.54. The van der Waals surface area contributed by atoms with Crippen molar-refractivity contribution in [2.45, 2.75) is 0 Å². The Kier molecular flexibility index (Phi) is 6.93. The molecule has 0 saturated carbocycles. The van der Waals surface area contributed by atoms with Crippen LogP contribution in [0.25, 0.3) is 105 Å². The highest BCUT2D eigenvalue weighted by Crippen LogP contribution is 2.47. The summed E-state index contributed by atoms with van der Waals surface area (Å²) >= 11 is 0. The molecule has 3 heterocycles. The topological polar surface area (TPSA) is 14.8 Å². The lowest BCUT2D eigenvalue weighted by Gasteiger charge is -2.18. The van der Waals surface area contributed by atoms with Crippen molar-refractivity contribution < 1.29 is 0 Å². The van der Waals surface area contributed by atoms with Crippen LogP contribution in [0.4, 0.5) is 0 Å². The Morgan fingerprint density at radius 1 is 0.246 bits per heavy atom. The largest absolute Gasteiger partial charge is 0.309 e. The molecule has 0 saturated heterocycles. The van der Waals surface area contributed by atoms with E-state index in [-0.39, 0.29) is 0 Å². The molecule has 0 N–H and O–H groups in total. The SMILES string of the molecule is c1ccc(-c2ccc(-c3ccccc3-n3c4ccccc4c4c5c6ccccc6n(-c6ccccc6)c5ccc43)c3c2c2ccccc2n3-c2ccccc2)cc1. The first-order valence-corrected chi connectivity index (χ1v) is 19.6. The van der Waals surface area contributed by atoms with E-state index in [0.717, 1.165) is 17.1 Å². The summed E-state index contributed by atoms with van der Waals surface area (Å²) in [5.74, 6) is 0. The lowest BCUT2D eigenvalue weighted by atomic mass is 9.93. The first-order chi connectivity index (χ1) is 28.3. The number of hydrogen-bond donors (Lipinski definition) is 0. The zero-order valence-corrected chi connectivity index (χ0v) is 31.0. The standard InChI is InChI=1S/C54H35N3/c1-4-18-36(19-5-1)39-32-33-41(54-51(39)42-25-11-16-30-47(42)56(54)38-22-8-3-9-23-38)40-24-10-14-28-45(40)57-48-31-17-13-27-44(48)53-50(57)35-34-49-52(53)43-26-12-15-29-46(43)55(49)37-20-6-2-7-21-37/h1-35H. The van der Waals surface area contributed by atoms with Crippen molar-refractivity contribution in [3.05, 3.63) is 212 Å². The first-order valence-electron chi connectivity index (χ1n) is 19.6. The van der Waals surface area contributed by atoms with Crippen molar-refractivity contribution >= 4 is 65.4 Å². The van der Waals surface area contributed by atoms with E-state index < -0.39 is 0 Å². The van der Waals surface area contributed by atoms with Crippen molar-refractivity contribution in [2.75, 3.05) is 0 Å². The Labute approximate surface area is 329 Å². The van der Waals surface area contributed by atoms with Crippen molar-refractivity contribution in [2.24, 2.45) is 0 Å². The van der Waals surface area contributed by atoms with E-state index in [1.807, 2.05) is 0 Å². The molecule has 0 unspecified atom stereocenters. The van der Waals surface area contributed by atoms with E-state index in [9.17, 15) is 0 Å². The highest BCUT2D eigenvalue weighted by atomic mass is 15.0. The molecule has 0 radical (unpaired) electrons. The highest BCUT2D eigenvalue weighted by Gasteiger charge is 2.24. The zero-order chi connectivity index (χ0) is 37.5. The zero-order valence-electron chi connectivity index (χ0n) is 31.0. The smallest absolute Gasteiger partial charge is 0.0626 e. The Morgan fingerprint density at radius 2 is 0.684 bits per heavy atom. The summed E-state index contributed by atoms with van der Waals surface area (Å²) in [5.41, 5.74) is 15.4. The van der Waals surface area contributed by atoms with Crippen LogP contribution in [0.5, 0.6) is 0 Å². The summed E-state index contributed by atoms with van der Waals surface area (Å²) < 4.78 is 7.38. The summed E-state index contributed by atoms with van der Waals surface area (Å²) in [6.45, 7) is 0. The molecule has 0 aliphatic rings. The lowest BCUT2D eigenvalue weighted by molar-refractivity contribution is 1.17. The maximum atomic E-state index is 2.50. The van der Waals surface area contributed by atoms with Crippen molar-refractivity contribution in [1.82, 2.24) is 13.7 Å². The number of benzene rings is 9. The Balaban J connectivity index is 1.21. The normalized spacial score (nSPS) is 11.9. The molecular weight excluding hydrogens is 691 g/mol. The van der Waals surface area contributed by atoms with Gasteiger partial charge in [0.15, 0.2) is 0 Å². The Morgan fingerprint density at radius 3 is 1.32 bits per heavy atom. The monoisotopic (exact) mass is 725 g/mol. The van der Waals surface area contributed by atoms with E-state index in [1.165, 1.54) is 87.7 Å². The van der Waals surface area contributed by atoms with Crippen LogP contribution in [-0.4, -0.2) is 13.7 Å². The minimum Gasteiger partial charge on any atom is -0.309 e. The van der Waals surface area contributed by atoms with Gasteiger partial charge in [-0.2, -0.15) is 0 Å².